The molecular formula is C11H14Br2N2O. The Bertz CT molecular complexity index is 352. The van der Waals surface area contributed by atoms with Crippen molar-refractivity contribution in [3.8, 4) is 0 Å². The van der Waals surface area contributed by atoms with Gasteiger partial charge in [0.25, 0.3) is 5.91 Å². The zero-order valence-corrected chi connectivity index (χ0v) is 12.5. The second-order valence-electron chi connectivity index (χ2n) is 3.64. The van der Waals surface area contributed by atoms with E-state index in [1.165, 1.54) is 0 Å². The Hall–Kier alpha value is -0.420. The average molecular weight is 350 g/mol. The topological polar surface area (TPSA) is 33.2 Å². The van der Waals surface area contributed by atoms with E-state index in [0.717, 1.165) is 9.80 Å². The second kappa shape index (κ2) is 6.35. The van der Waals surface area contributed by atoms with Crippen molar-refractivity contribution < 1.29 is 4.79 Å². The molecule has 16 heavy (non-hydrogen) atoms. The summed E-state index contributed by atoms with van der Waals surface area (Å²) in [5.41, 5.74) is 0.484. The minimum Gasteiger partial charge on any atom is -0.334 e. The van der Waals surface area contributed by atoms with Crippen LogP contribution >= 0.6 is 31.9 Å². The van der Waals surface area contributed by atoms with Crippen LogP contribution in [0.5, 0.6) is 0 Å². The molecule has 0 aromatic carbocycles. The van der Waals surface area contributed by atoms with Gasteiger partial charge < -0.3 is 4.90 Å². The molecule has 0 saturated heterocycles. The van der Waals surface area contributed by atoms with Gasteiger partial charge in [-0.15, -0.1) is 0 Å². The number of nitrogens with zero attached hydrogens (tertiary/aromatic N) is 2. The molecular weight excluding hydrogens is 336 g/mol. The van der Waals surface area contributed by atoms with Crippen molar-refractivity contribution in [3.05, 3.63) is 28.5 Å². The minimum atomic E-state index is -0.0260. The van der Waals surface area contributed by atoms with Gasteiger partial charge in [-0.2, -0.15) is 0 Å². The second-order valence-corrected chi connectivity index (χ2v) is 5.35. The highest BCUT2D eigenvalue weighted by Crippen LogP contribution is 2.11. The Kier molecular flexibility index (Phi) is 5.41. The molecule has 0 saturated carbocycles. The third kappa shape index (κ3) is 3.56. The predicted molar refractivity (Wildman–Crippen MR) is 71.9 cm³/mol. The molecule has 1 rings (SSSR count). The molecule has 3 nitrogen and oxygen atoms in total. The molecule has 0 aliphatic rings. The highest BCUT2D eigenvalue weighted by Gasteiger charge is 2.18. The molecule has 0 N–H and O–H groups in total. The molecule has 0 radical (unpaired) electrons. The van der Waals surface area contributed by atoms with Crippen molar-refractivity contribution in [2.45, 2.75) is 19.9 Å². The van der Waals surface area contributed by atoms with E-state index in [0.29, 0.717) is 12.2 Å². The number of rotatable bonds is 4. The maximum absolute atomic E-state index is 12.1. The zero-order chi connectivity index (χ0) is 12.1. The Balaban J connectivity index is 2.86. The van der Waals surface area contributed by atoms with Crippen molar-refractivity contribution in [2.24, 2.45) is 0 Å². The highest BCUT2D eigenvalue weighted by molar-refractivity contribution is 9.10. The van der Waals surface area contributed by atoms with Crippen LogP contribution in [0.4, 0.5) is 0 Å². The third-order valence-electron chi connectivity index (χ3n) is 2.16. The number of alkyl halides is 1. The summed E-state index contributed by atoms with van der Waals surface area (Å²) >= 11 is 6.65. The normalized spacial score (nSPS) is 10.6. The van der Waals surface area contributed by atoms with Gasteiger partial charge in [0.1, 0.15) is 5.69 Å². The summed E-state index contributed by atoms with van der Waals surface area (Å²) < 4.78 is 0.876. The average Bonchev–Trinajstić information content (AvgIpc) is 2.25. The van der Waals surface area contributed by atoms with Gasteiger partial charge in [0.2, 0.25) is 0 Å². The quantitative estimate of drug-likeness (QED) is 0.782. The zero-order valence-electron chi connectivity index (χ0n) is 9.28. The molecule has 0 aliphatic heterocycles. The Labute approximate surface area is 112 Å². The van der Waals surface area contributed by atoms with Crippen molar-refractivity contribution in [2.75, 3.05) is 11.9 Å². The number of aromatic nitrogens is 1. The van der Waals surface area contributed by atoms with E-state index in [-0.39, 0.29) is 11.9 Å². The lowest BCUT2D eigenvalue weighted by atomic mass is 10.2. The summed E-state index contributed by atoms with van der Waals surface area (Å²) in [5, 5.41) is 0.771. The summed E-state index contributed by atoms with van der Waals surface area (Å²) in [4.78, 5) is 18.0. The smallest absolute Gasteiger partial charge is 0.272 e. The van der Waals surface area contributed by atoms with Crippen molar-refractivity contribution in [3.63, 3.8) is 0 Å². The van der Waals surface area contributed by atoms with Gasteiger partial charge in [-0.05, 0) is 41.9 Å². The van der Waals surface area contributed by atoms with Crippen LogP contribution in [0.25, 0.3) is 0 Å². The van der Waals surface area contributed by atoms with Crippen LogP contribution in [0.15, 0.2) is 22.8 Å². The first-order valence-electron chi connectivity index (χ1n) is 5.04. The fourth-order valence-electron chi connectivity index (χ4n) is 1.33. The number of carbonyl (C=O) groups excluding carboxylic acids is 1. The molecule has 88 valence electrons. The summed E-state index contributed by atoms with van der Waals surface area (Å²) in [7, 11) is 0. The van der Waals surface area contributed by atoms with Crippen LogP contribution in [0.3, 0.4) is 0 Å². The van der Waals surface area contributed by atoms with E-state index >= 15 is 0 Å². The first-order chi connectivity index (χ1) is 7.56. The van der Waals surface area contributed by atoms with Crippen LogP contribution in [0, 0.1) is 0 Å². The van der Waals surface area contributed by atoms with Crippen molar-refractivity contribution in [1.82, 2.24) is 9.88 Å². The lowest BCUT2D eigenvalue weighted by Gasteiger charge is -2.25. The maximum Gasteiger partial charge on any atom is 0.272 e. The van der Waals surface area contributed by atoms with E-state index in [4.69, 9.17) is 0 Å². The first-order valence-corrected chi connectivity index (χ1v) is 6.96. The Morgan fingerprint density at radius 2 is 2.19 bits per heavy atom. The molecule has 5 heteroatoms. The standard InChI is InChI=1S/C11H14Br2N2O/c1-8(2)15(6-5-12)11(16)10-4-3-9(13)7-14-10/h3-4,7-8H,5-6H2,1-2H3. The van der Waals surface area contributed by atoms with Gasteiger partial charge in [0, 0.05) is 28.6 Å². The number of halogens is 2. The third-order valence-corrected chi connectivity index (χ3v) is 2.98. The lowest BCUT2D eigenvalue weighted by Crippen LogP contribution is -2.38. The van der Waals surface area contributed by atoms with Gasteiger partial charge >= 0.3 is 0 Å². The van der Waals surface area contributed by atoms with Crippen LogP contribution < -0.4 is 0 Å². The lowest BCUT2D eigenvalue weighted by molar-refractivity contribution is 0.0713. The van der Waals surface area contributed by atoms with E-state index < -0.39 is 0 Å². The van der Waals surface area contributed by atoms with Crippen LogP contribution in [0.1, 0.15) is 24.3 Å². The molecule has 0 atom stereocenters. The van der Waals surface area contributed by atoms with Crippen molar-refractivity contribution in [1.29, 1.82) is 0 Å². The number of hydrogen-bond donors (Lipinski definition) is 0. The predicted octanol–water partition coefficient (Wildman–Crippen LogP) is 3.09. The molecule has 0 fully saturated rings. The number of hydrogen-bond acceptors (Lipinski definition) is 2. The summed E-state index contributed by atoms with van der Waals surface area (Å²) in [6, 6.07) is 3.73. The SMILES string of the molecule is CC(C)N(CCBr)C(=O)c1ccc(Br)cn1. The molecule has 1 heterocycles. The summed E-state index contributed by atoms with van der Waals surface area (Å²) in [6.45, 7) is 4.69. The molecule has 1 aromatic rings. The number of carbonyl (C=O) groups is 1. The van der Waals surface area contributed by atoms with Gasteiger partial charge in [-0.1, -0.05) is 15.9 Å². The molecule has 0 spiro atoms. The molecule has 1 aromatic heterocycles. The molecule has 1 amide bonds. The van der Waals surface area contributed by atoms with Crippen LogP contribution in [0.2, 0.25) is 0 Å². The highest BCUT2D eigenvalue weighted by atomic mass is 79.9. The van der Waals surface area contributed by atoms with Crippen LogP contribution in [-0.2, 0) is 0 Å². The van der Waals surface area contributed by atoms with E-state index in [2.05, 4.69) is 36.8 Å². The first kappa shape index (κ1) is 13.6. The Morgan fingerprint density at radius 1 is 1.50 bits per heavy atom. The van der Waals surface area contributed by atoms with E-state index in [1.807, 2.05) is 19.9 Å². The number of amides is 1. The molecule has 0 unspecified atom stereocenters. The minimum absolute atomic E-state index is 0.0260. The van der Waals surface area contributed by atoms with Gasteiger partial charge in [0.15, 0.2) is 0 Å². The van der Waals surface area contributed by atoms with Gasteiger partial charge in [0.05, 0.1) is 0 Å². The molecule has 0 aliphatic carbocycles. The van der Waals surface area contributed by atoms with E-state index in [1.54, 1.807) is 17.2 Å². The fraction of sp³-hybridized carbons (Fsp3) is 0.455. The molecule has 0 bridgehead atoms. The fourth-order valence-corrected chi connectivity index (χ4v) is 1.95. The summed E-state index contributed by atoms with van der Waals surface area (Å²) in [5.74, 6) is -0.0260. The van der Waals surface area contributed by atoms with E-state index in [9.17, 15) is 4.79 Å². The van der Waals surface area contributed by atoms with Crippen molar-refractivity contribution >= 4 is 37.8 Å². The van der Waals surface area contributed by atoms with Gasteiger partial charge in [-0.3, -0.25) is 4.79 Å². The maximum atomic E-state index is 12.1. The summed E-state index contributed by atoms with van der Waals surface area (Å²) in [6.07, 6.45) is 1.64. The monoisotopic (exact) mass is 348 g/mol. The Morgan fingerprint density at radius 3 is 2.62 bits per heavy atom. The largest absolute Gasteiger partial charge is 0.334 e. The van der Waals surface area contributed by atoms with Crippen LogP contribution in [-0.4, -0.2) is 33.7 Å². The number of pyridine rings is 1. The van der Waals surface area contributed by atoms with Gasteiger partial charge in [-0.25, -0.2) is 4.98 Å².